The molecule has 92 valence electrons. The third-order valence-corrected chi connectivity index (χ3v) is 5.36. The van der Waals surface area contributed by atoms with Crippen molar-refractivity contribution in [1.29, 1.82) is 0 Å². The zero-order valence-electron chi connectivity index (χ0n) is 10.0. The molecule has 0 aliphatic carbocycles. The van der Waals surface area contributed by atoms with Crippen LogP contribution in [0.25, 0.3) is 9.65 Å². The van der Waals surface area contributed by atoms with E-state index in [-0.39, 0.29) is 32.6 Å². The van der Waals surface area contributed by atoms with Crippen LogP contribution in [0.1, 0.15) is 13.0 Å². The van der Waals surface area contributed by atoms with E-state index in [2.05, 4.69) is 0 Å². The second kappa shape index (κ2) is 5.19. The molecule has 0 fully saturated rings. The van der Waals surface area contributed by atoms with Crippen molar-refractivity contribution in [2.75, 3.05) is 14.2 Å². The summed E-state index contributed by atoms with van der Waals surface area (Å²) in [5.74, 6) is 0. The summed E-state index contributed by atoms with van der Waals surface area (Å²) >= 11 is 0.0163. The molecule has 0 spiro atoms. The van der Waals surface area contributed by atoms with E-state index in [0.717, 1.165) is 9.65 Å². The molecule has 0 N–H and O–H groups in total. The summed E-state index contributed by atoms with van der Waals surface area (Å²) in [7, 11) is 3.18. The average Bonchev–Trinajstić information content (AvgIpc) is 2.69. The van der Waals surface area contributed by atoms with Crippen molar-refractivity contribution in [1.82, 2.24) is 3.56 Å². The summed E-state index contributed by atoms with van der Waals surface area (Å²) < 4.78 is 13.4. The molecule has 0 saturated carbocycles. The van der Waals surface area contributed by atoms with Crippen molar-refractivity contribution >= 4 is 24.4 Å². The fraction of sp³-hybridized carbons (Fsp3) is 0.417. The Bertz CT molecular complexity index is 556. The van der Waals surface area contributed by atoms with Gasteiger partial charge in [0.15, 0.2) is 0 Å². The topological polar surface area (TPSA) is 40.5 Å². The van der Waals surface area contributed by atoms with Crippen LogP contribution in [-0.4, -0.2) is 38.8 Å². The van der Waals surface area contributed by atoms with Crippen molar-refractivity contribution in [2.45, 2.75) is 19.3 Å². The Morgan fingerprint density at radius 2 is 1.88 bits per heavy atom. The molecular weight excluding hydrogens is 285 g/mol. The first kappa shape index (κ1) is 12.6. The van der Waals surface area contributed by atoms with Gasteiger partial charge in [-0.15, -0.1) is 0 Å². The van der Waals surface area contributed by atoms with Crippen LogP contribution in [-0.2, 0) is 9.47 Å². The molecule has 0 radical (unpaired) electrons. The van der Waals surface area contributed by atoms with Gasteiger partial charge in [0.1, 0.15) is 0 Å². The predicted molar refractivity (Wildman–Crippen MR) is 67.7 cm³/mol. The van der Waals surface area contributed by atoms with Crippen LogP contribution in [0.4, 0.5) is 0 Å². The van der Waals surface area contributed by atoms with Gasteiger partial charge in [-0.05, 0) is 0 Å². The molecule has 17 heavy (non-hydrogen) atoms. The van der Waals surface area contributed by atoms with Crippen LogP contribution in [0.3, 0.4) is 0 Å². The number of hydrogen-bond donors (Lipinski definition) is 0. The minimum atomic E-state index is -0.380. The molecule has 2 aromatic rings. The fourth-order valence-corrected chi connectivity index (χ4v) is 4.06. The van der Waals surface area contributed by atoms with Gasteiger partial charge in [-0.1, -0.05) is 0 Å². The molecule has 0 amide bonds. The summed E-state index contributed by atoms with van der Waals surface area (Å²) in [5.41, 5.74) is 0.0761. The first-order chi connectivity index (χ1) is 8.19. The number of rotatable bonds is 4. The quantitative estimate of drug-likeness (QED) is 0.630. The Morgan fingerprint density at radius 3 is 2.47 bits per heavy atom. The second-order valence-electron chi connectivity index (χ2n) is 3.80. The van der Waals surface area contributed by atoms with Crippen LogP contribution < -0.4 is 5.56 Å². The molecule has 1 atom stereocenters. The minimum absolute atomic E-state index is 0.0163. The van der Waals surface area contributed by atoms with E-state index in [1.807, 2.05) is 34.8 Å². The number of ether oxygens (including phenoxy) is 2. The Labute approximate surface area is 106 Å². The summed E-state index contributed by atoms with van der Waals surface area (Å²) in [4.78, 5) is 12.2. The van der Waals surface area contributed by atoms with E-state index in [4.69, 9.17) is 9.47 Å². The number of nitrogens with zero attached hydrogens (tertiary/aromatic N) is 1. The first-order valence-electron chi connectivity index (χ1n) is 5.35. The van der Waals surface area contributed by atoms with Gasteiger partial charge in [-0.2, -0.15) is 0 Å². The molecule has 0 bridgehead atoms. The molecule has 2 rings (SSSR count). The summed E-state index contributed by atoms with van der Waals surface area (Å²) in [5, 5.41) is 0.810. The molecule has 4 nitrogen and oxygen atoms in total. The summed E-state index contributed by atoms with van der Waals surface area (Å²) in [6, 6.07) is 7.66. The van der Waals surface area contributed by atoms with E-state index in [0.29, 0.717) is 0 Å². The maximum atomic E-state index is 12.2. The third-order valence-electron chi connectivity index (χ3n) is 2.74. The van der Waals surface area contributed by atoms with Crippen LogP contribution in [0, 0.1) is 0 Å². The van der Waals surface area contributed by atoms with Crippen molar-refractivity contribution in [2.24, 2.45) is 0 Å². The van der Waals surface area contributed by atoms with E-state index in [1.165, 1.54) is 0 Å². The summed E-state index contributed by atoms with van der Waals surface area (Å²) in [6.07, 6.45) is -0.380. The number of fused-ring (bicyclic) bond motifs is 1. The Morgan fingerprint density at radius 1 is 1.24 bits per heavy atom. The van der Waals surface area contributed by atoms with Crippen LogP contribution in [0.2, 0.25) is 0 Å². The predicted octanol–water partition coefficient (Wildman–Crippen LogP) is 1.24. The van der Waals surface area contributed by atoms with Crippen molar-refractivity contribution in [3.05, 3.63) is 34.6 Å². The van der Waals surface area contributed by atoms with E-state index >= 15 is 0 Å². The zero-order chi connectivity index (χ0) is 12.4. The molecular formula is C12H15NO3Se. The molecule has 1 aromatic heterocycles. The van der Waals surface area contributed by atoms with Gasteiger partial charge >= 0.3 is 106 Å². The van der Waals surface area contributed by atoms with Crippen LogP contribution >= 0.6 is 0 Å². The second-order valence-corrected chi connectivity index (χ2v) is 5.93. The van der Waals surface area contributed by atoms with Crippen molar-refractivity contribution in [3.63, 3.8) is 0 Å². The van der Waals surface area contributed by atoms with Gasteiger partial charge in [-0.25, -0.2) is 0 Å². The van der Waals surface area contributed by atoms with Gasteiger partial charge in [-0.3, -0.25) is 0 Å². The average molecular weight is 300 g/mol. The maximum absolute atomic E-state index is 12.2. The number of methoxy groups -OCH3 is 2. The summed E-state index contributed by atoms with van der Waals surface area (Å²) in [6.45, 7) is 1.95. The Balaban J connectivity index is 2.49. The van der Waals surface area contributed by atoms with Gasteiger partial charge in [0.05, 0.1) is 0 Å². The Hall–Kier alpha value is -0.871. The van der Waals surface area contributed by atoms with E-state index in [9.17, 15) is 4.79 Å². The van der Waals surface area contributed by atoms with Gasteiger partial charge in [0, 0.05) is 0 Å². The molecule has 5 heteroatoms. The number of benzene rings is 1. The monoisotopic (exact) mass is 301 g/mol. The standard InChI is InChI=1S/C12H15NO3Se/c1-8(12(15-2)16-3)13-11(14)9-6-4-5-7-10(9)17-13/h4-8,12H,1-3H3. The molecule has 0 aliphatic rings. The number of hydrogen-bond acceptors (Lipinski definition) is 3. The number of aromatic nitrogens is 1. The van der Waals surface area contributed by atoms with Gasteiger partial charge in [0.25, 0.3) is 0 Å². The van der Waals surface area contributed by atoms with Crippen molar-refractivity contribution < 1.29 is 9.47 Å². The van der Waals surface area contributed by atoms with Gasteiger partial charge in [0.2, 0.25) is 0 Å². The van der Waals surface area contributed by atoms with Gasteiger partial charge < -0.3 is 0 Å². The molecule has 1 unspecified atom stereocenters. The first-order valence-corrected chi connectivity index (χ1v) is 6.97. The molecule has 1 aromatic carbocycles. The van der Waals surface area contributed by atoms with Crippen LogP contribution in [0.5, 0.6) is 0 Å². The zero-order valence-corrected chi connectivity index (χ0v) is 11.8. The molecule has 0 saturated heterocycles. The van der Waals surface area contributed by atoms with E-state index in [1.54, 1.807) is 14.2 Å². The molecule has 1 heterocycles. The van der Waals surface area contributed by atoms with Crippen LogP contribution in [0.15, 0.2) is 29.1 Å². The third kappa shape index (κ3) is 2.24. The van der Waals surface area contributed by atoms with E-state index < -0.39 is 0 Å². The Kier molecular flexibility index (Phi) is 3.84. The normalized spacial score (nSPS) is 13.4. The SMILES string of the molecule is COC(OC)C(C)n1[se]c2ccccc2c1=O. The fourth-order valence-electron chi connectivity index (χ4n) is 1.86. The van der Waals surface area contributed by atoms with Crippen molar-refractivity contribution in [3.8, 4) is 0 Å². The molecule has 0 aliphatic heterocycles.